The summed E-state index contributed by atoms with van der Waals surface area (Å²) in [5, 5.41) is 6.76. The van der Waals surface area contributed by atoms with Crippen molar-refractivity contribution in [2.24, 2.45) is 0 Å². The lowest BCUT2D eigenvalue weighted by Gasteiger charge is -2.09. The van der Waals surface area contributed by atoms with Gasteiger partial charge in [0, 0.05) is 11.8 Å². The van der Waals surface area contributed by atoms with E-state index >= 15 is 0 Å². The van der Waals surface area contributed by atoms with E-state index in [0.717, 1.165) is 6.07 Å². The van der Waals surface area contributed by atoms with E-state index in [4.69, 9.17) is 23.2 Å². The zero-order valence-corrected chi connectivity index (χ0v) is 10.1. The van der Waals surface area contributed by atoms with Gasteiger partial charge in [-0.15, -0.1) is 10.2 Å². The average molecular weight is 294 g/mol. The molecule has 2 aromatic heterocycles. The summed E-state index contributed by atoms with van der Waals surface area (Å²) < 4.78 is 37.9. The van der Waals surface area contributed by atoms with Crippen LogP contribution in [0.5, 0.6) is 0 Å². The highest BCUT2D eigenvalue weighted by molar-refractivity contribution is 6.30. The van der Waals surface area contributed by atoms with Crippen LogP contribution in [0.3, 0.4) is 0 Å². The molecule has 94 valence electrons. The summed E-state index contributed by atoms with van der Waals surface area (Å²) >= 11 is 10.9. The predicted octanol–water partition coefficient (Wildman–Crippen LogP) is 3.86. The monoisotopic (exact) mass is 293 g/mol. The first kappa shape index (κ1) is 13.0. The second kappa shape index (κ2) is 4.70. The van der Waals surface area contributed by atoms with Gasteiger partial charge in [0.25, 0.3) is 0 Å². The molecule has 0 fully saturated rings. The molecule has 2 heterocycles. The first-order valence-corrected chi connectivity index (χ1v) is 5.36. The predicted molar refractivity (Wildman–Crippen MR) is 60.3 cm³/mol. The first-order chi connectivity index (χ1) is 8.38. The number of alkyl halides is 3. The van der Waals surface area contributed by atoms with Crippen molar-refractivity contribution in [1.29, 1.82) is 0 Å². The van der Waals surface area contributed by atoms with E-state index in [1.54, 1.807) is 0 Å². The minimum Gasteiger partial charge on any atom is -0.243 e. The van der Waals surface area contributed by atoms with Crippen LogP contribution in [0.4, 0.5) is 13.2 Å². The fourth-order valence-corrected chi connectivity index (χ4v) is 1.57. The Hall–Kier alpha value is -1.40. The van der Waals surface area contributed by atoms with E-state index in [2.05, 4.69) is 15.2 Å². The Labute approximate surface area is 110 Å². The Morgan fingerprint density at radius 2 is 1.78 bits per heavy atom. The molecule has 0 saturated heterocycles. The maximum atomic E-state index is 12.6. The minimum atomic E-state index is -4.57. The van der Waals surface area contributed by atoms with E-state index in [-0.39, 0.29) is 16.4 Å². The molecule has 3 nitrogen and oxygen atoms in total. The molecule has 0 aliphatic rings. The van der Waals surface area contributed by atoms with Crippen molar-refractivity contribution in [3.8, 4) is 11.3 Å². The third kappa shape index (κ3) is 2.70. The molecular formula is C10H4Cl2F3N3. The maximum absolute atomic E-state index is 12.6. The lowest BCUT2D eigenvalue weighted by atomic mass is 10.1. The van der Waals surface area contributed by atoms with E-state index in [0.29, 0.717) is 0 Å². The lowest BCUT2D eigenvalue weighted by Crippen LogP contribution is -2.07. The van der Waals surface area contributed by atoms with Crippen molar-refractivity contribution in [2.45, 2.75) is 6.18 Å². The van der Waals surface area contributed by atoms with Gasteiger partial charge < -0.3 is 0 Å². The topological polar surface area (TPSA) is 38.7 Å². The SMILES string of the molecule is FC(F)(F)c1cc(-c2ccc(Cl)nn2)cnc1Cl. The van der Waals surface area contributed by atoms with E-state index in [9.17, 15) is 13.2 Å². The molecular weight excluding hydrogens is 290 g/mol. The highest BCUT2D eigenvalue weighted by atomic mass is 35.5. The van der Waals surface area contributed by atoms with Gasteiger partial charge in [-0.25, -0.2) is 4.98 Å². The quantitative estimate of drug-likeness (QED) is 0.749. The Balaban J connectivity index is 2.50. The highest BCUT2D eigenvalue weighted by Gasteiger charge is 2.34. The number of pyridine rings is 1. The number of nitrogens with zero attached hydrogens (tertiary/aromatic N) is 3. The summed E-state index contributed by atoms with van der Waals surface area (Å²) in [6.07, 6.45) is -3.38. The van der Waals surface area contributed by atoms with Gasteiger partial charge in [-0.2, -0.15) is 13.2 Å². The van der Waals surface area contributed by atoms with Crippen LogP contribution in [-0.4, -0.2) is 15.2 Å². The molecule has 0 spiro atoms. The standard InChI is InChI=1S/C10H4Cl2F3N3/c11-8-2-1-7(17-18-8)5-3-6(10(13,14)15)9(12)16-4-5/h1-4H. The number of rotatable bonds is 1. The van der Waals surface area contributed by atoms with Gasteiger partial charge in [0.15, 0.2) is 5.15 Å². The van der Waals surface area contributed by atoms with Gasteiger partial charge in [-0.05, 0) is 18.2 Å². The molecule has 0 N–H and O–H groups in total. The Kier molecular flexibility index (Phi) is 3.41. The fraction of sp³-hybridized carbons (Fsp3) is 0.100. The molecule has 0 atom stereocenters. The van der Waals surface area contributed by atoms with Gasteiger partial charge >= 0.3 is 6.18 Å². The van der Waals surface area contributed by atoms with Crippen molar-refractivity contribution in [2.75, 3.05) is 0 Å². The average Bonchev–Trinajstić information content (AvgIpc) is 2.29. The Morgan fingerprint density at radius 3 is 2.33 bits per heavy atom. The molecule has 0 aliphatic heterocycles. The van der Waals surface area contributed by atoms with Crippen molar-refractivity contribution >= 4 is 23.2 Å². The molecule has 18 heavy (non-hydrogen) atoms. The van der Waals surface area contributed by atoms with Gasteiger partial charge in [-0.1, -0.05) is 23.2 Å². The van der Waals surface area contributed by atoms with Gasteiger partial charge in [0.05, 0.1) is 11.3 Å². The molecule has 0 aliphatic carbocycles. The number of halogens is 5. The van der Waals surface area contributed by atoms with Crippen LogP contribution in [0.2, 0.25) is 10.3 Å². The maximum Gasteiger partial charge on any atom is 0.419 e. The van der Waals surface area contributed by atoms with Crippen LogP contribution in [-0.2, 0) is 6.18 Å². The molecule has 0 unspecified atom stereocenters. The van der Waals surface area contributed by atoms with E-state index in [1.165, 1.54) is 18.3 Å². The zero-order valence-electron chi connectivity index (χ0n) is 8.54. The van der Waals surface area contributed by atoms with Gasteiger partial charge in [0.2, 0.25) is 0 Å². The molecule has 0 saturated carbocycles. The summed E-state index contributed by atoms with van der Waals surface area (Å²) in [6.45, 7) is 0. The first-order valence-electron chi connectivity index (χ1n) is 4.60. The highest BCUT2D eigenvalue weighted by Crippen LogP contribution is 2.35. The van der Waals surface area contributed by atoms with Crippen LogP contribution < -0.4 is 0 Å². The number of hydrogen-bond donors (Lipinski definition) is 0. The largest absolute Gasteiger partial charge is 0.419 e. The molecule has 0 amide bonds. The molecule has 8 heteroatoms. The van der Waals surface area contributed by atoms with Crippen molar-refractivity contribution in [3.63, 3.8) is 0 Å². The molecule has 0 radical (unpaired) electrons. The van der Waals surface area contributed by atoms with Gasteiger partial charge in [0.1, 0.15) is 5.15 Å². The van der Waals surface area contributed by atoms with Crippen molar-refractivity contribution in [1.82, 2.24) is 15.2 Å². The second-order valence-corrected chi connectivity index (χ2v) is 4.05. The summed E-state index contributed by atoms with van der Waals surface area (Å²) in [6, 6.07) is 3.74. The van der Waals surface area contributed by atoms with Crippen LogP contribution >= 0.6 is 23.2 Å². The fourth-order valence-electron chi connectivity index (χ4n) is 1.26. The summed E-state index contributed by atoms with van der Waals surface area (Å²) in [7, 11) is 0. The molecule has 2 aromatic rings. The summed E-state index contributed by atoms with van der Waals surface area (Å²) in [5.41, 5.74) is -0.622. The smallest absolute Gasteiger partial charge is 0.243 e. The van der Waals surface area contributed by atoms with Crippen LogP contribution in [0, 0.1) is 0 Å². The van der Waals surface area contributed by atoms with Crippen molar-refractivity contribution in [3.05, 3.63) is 40.3 Å². The minimum absolute atomic E-state index is 0.150. The zero-order chi connectivity index (χ0) is 13.3. The second-order valence-electron chi connectivity index (χ2n) is 3.30. The molecule has 0 bridgehead atoms. The normalized spacial score (nSPS) is 11.6. The number of aromatic nitrogens is 3. The van der Waals surface area contributed by atoms with Crippen molar-refractivity contribution < 1.29 is 13.2 Å². The molecule has 2 rings (SSSR count). The molecule has 0 aromatic carbocycles. The third-order valence-corrected chi connectivity index (χ3v) is 2.58. The third-order valence-electron chi connectivity index (χ3n) is 2.07. The summed E-state index contributed by atoms with van der Waals surface area (Å²) in [5.74, 6) is 0. The van der Waals surface area contributed by atoms with E-state index in [1.807, 2.05) is 0 Å². The summed E-state index contributed by atoms with van der Waals surface area (Å²) in [4.78, 5) is 3.49. The van der Waals surface area contributed by atoms with E-state index < -0.39 is 16.9 Å². The lowest BCUT2D eigenvalue weighted by molar-refractivity contribution is -0.137. The van der Waals surface area contributed by atoms with Gasteiger partial charge in [-0.3, -0.25) is 0 Å². The Bertz CT molecular complexity index is 570. The van der Waals surface area contributed by atoms with Crippen LogP contribution in [0.1, 0.15) is 5.56 Å². The Morgan fingerprint density at radius 1 is 1.06 bits per heavy atom. The number of hydrogen-bond acceptors (Lipinski definition) is 3. The van der Waals surface area contributed by atoms with Crippen LogP contribution in [0.15, 0.2) is 24.4 Å². The van der Waals surface area contributed by atoms with Crippen LogP contribution in [0.25, 0.3) is 11.3 Å².